The Morgan fingerprint density at radius 1 is 1.50 bits per heavy atom. The van der Waals surface area contributed by atoms with Crippen LogP contribution in [0.2, 0.25) is 0 Å². The van der Waals surface area contributed by atoms with Gasteiger partial charge in [-0.1, -0.05) is 12.1 Å². The minimum absolute atomic E-state index is 0.0651. The summed E-state index contributed by atoms with van der Waals surface area (Å²) in [5, 5.41) is 8.84. The van der Waals surface area contributed by atoms with Crippen molar-refractivity contribution >= 4 is 15.8 Å². The number of carbonyl (C=O) groups is 1. The van der Waals surface area contributed by atoms with E-state index in [0.717, 1.165) is 6.07 Å². The highest BCUT2D eigenvalue weighted by Gasteiger charge is 2.32. The van der Waals surface area contributed by atoms with Gasteiger partial charge >= 0.3 is 5.97 Å². The molecule has 0 aromatic heterocycles. The summed E-state index contributed by atoms with van der Waals surface area (Å²) in [5.74, 6) is -1.58. The molecule has 2 rings (SSSR count). The summed E-state index contributed by atoms with van der Waals surface area (Å²) in [5.41, 5.74) is 0.233. The summed E-state index contributed by atoms with van der Waals surface area (Å²) in [7, 11) is -3.03. The first-order valence-electron chi connectivity index (χ1n) is 6.89. The number of hydrogen-bond donors (Lipinski definition) is 1. The maximum absolute atomic E-state index is 14.0. The van der Waals surface area contributed by atoms with Crippen LogP contribution in [0.25, 0.3) is 0 Å². The van der Waals surface area contributed by atoms with Gasteiger partial charge in [0.25, 0.3) is 0 Å². The van der Waals surface area contributed by atoms with Crippen LogP contribution in [0, 0.1) is 5.82 Å². The number of carboxylic acids is 1. The van der Waals surface area contributed by atoms with Crippen molar-refractivity contribution in [3.8, 4) is 0 Å². The van der Waals surface area contributed by atoms with E-state index in [2.05, 4.69) is 6.58 Å². The molecule has 120 valence electrons. The molecule has 0 bridgehead atoms. The third-order valence-electron chi connectivity index (χ3n) is 3.76. The summed E-state index contributed by atoms with van der Waals surface area (Å²) in [6.45, 7) is 4.31. The van der Waals surface area contributed by atoms with Crippen molar-refractivity contribution in [2.75, 3.05) is 18.1 Å². The van der Waals surface area contributed by atoms with Gasteiger partial charge in [0.15, 0.2) is 9.84 Å². The minimum Gasteiger partial charge on any atom is -0.478 e. The van der Waals surface area contributed by atoms with Gasteiger partial charge in [-0.25, -0.2) is 17.6 Å². The predicted octanol–water partition coefficient (Wildman–Crippen LogP) is 1.70. The SMILES string of the molecule is C=CCN(Cc1ccc(C(=O)O)cc1F)C1CCS(=O)(=O)C1. The molecule has 1 N–H and O–H groups in total. The Bertz CT molecular complexity index is 687. The van der Waals surface area contributed by atoms with Gasteiger partial charge in [0.1, 0.15) is 5.82 Å². The van der Waals surface area contributed by atoms with E-state index in [1.165, 1.54) is 12.1 Å². The van der Waals surface area contributed by atoms with Gasteiger partial charge in [0.2, 0.25) is 0 Å². The van der Waals surface area contributed by atoms with E-state index in [0.29, 0.717) is 18.5 Å². The zero-order valence-electron chi connectivity index (χ0n) is 12.0. The van der Waals surface area contributed by atoms with Crippen molar-refractivity contribution in [1.29, 1.82) is 0 Å². The molecule has 0 spiro atoms. The third kappa shape index (κ3) is 3.92. The number of sulfone groups is 1. The lowest BCUT2D eigenvalue weighted by atomic mass is 10.1. The maximum Gasteiger partial charge on any atom is 0.335 e. The second kappa shape index (κ2) is 6.58. The molecule has 7 heteroatoms. The second-order valence-corrected chi connectivity index (χ2v) is 7.62. The van der Waals surface area contributed by atoms with Gasteiger partial charge in [-0.05, 0) is 18.6 Å². The standard InChI is InChI=1S/C15H18FNO4S/c1-2-6-17(13-5-7-22(20,21)10-13)9-12-4-3-11(15(18)19)8-14(12)16/h2-4,8,13H,1,5-7,9-10H2,(H,18,19). The summed E-state index contributed by atoms with van der Waals surface area (Å²) in [6.07, 6.45) is 2.17. The first-order chi connectivity index (χ1) is 10.3. The topological polar surface area (TPSA) is 74.7 Å². The van der Waals surface area contributed by atoms with Crippen LogP contribution in [0.4, 0.5) is 4.39 Å². The molecule has 1 fully saturated rings. The largest absolute Gasteiger partial charge is 0.478 e. The first kappa shape index (κ1) is 16.6. The molecule has 1 atom stereocenters. The summed E-state index contributed by atoms with van der Waals surface area (Å²) in [4.78, 5) is 12.7. The molecule has 1 saturated heterocycles. The van der Waals surface area contributed by atoms with Crippen LogP contribution >= 0.6 is 0 Å². The molecule has 5 nitrogen and oxygen atoms in total. The van der Waals surface area contributed by atoms with E-state index in [4.69, 9.17) is 5.11 Å². The van der Waals surface area contributed by atoms with Crippen LogP contribution in [0.5, 0.6) is 0 Å². The predicted molar refractivity (Wildman–Crippen MR) is 81.0 cm³/mol. The second-order valence-electron chi connectivity index (χ2n) is 5.39. The third-order valence-corrected chi connectivity index (χ3v) is 5.51. The van der Waals surface area contributed by atoms with Crippen LogP contribution in [-0.4, -0.2) is 48.5 Å². The lowest BCUT2D eigenvalue weighted by Gasteiger charge is -2.27. The minimum atomic E-state index is -3.03. The van der Waals surface area contributed by atoms with E-state index >= 15 is 0 Å². The fraction of sp³-hybridized carbons (Fsp3) is 0.400. The normalized spacial score (nSPS) is 20.2. The van der Waals surface area contributed by atoms with E-state index < -0.39 is 21.6 Å². The summed E-state index contributed by atoms with van der Waals surface area (Å²) in [6, 6.07) is 3.59. The Balaban J connectivity index is 2.18. The maximum atomic E-state index is 14.0. The molecule has 0 saturated carbocycles. The van der Waals surface area contributed by atoms with Crippen LogP contribution in [-0.2, 0) is 16.4 Å². The van der Waals surface area contributed by atoms with Crippen molar-refractivity contribution in [3.63, 3.8) is 0 Å². The number of halogens is 1. The monoisotopic (exact) mass is 327 g/mol. The van der Waals surface area contributed by atoms with Gasteiger partial charge in [-0.3, -0.25) is 4.90 Å². The van der Waals surface area contributed by atoms with Crippen molar-refractivity contribution in [2.45, 2.75) is 19.0 Å². The Morgan fingerprint density at radius 3 is 2.73 bits per heavy atom. The Labute approximate surface area is 129 Å². The van der Waals surface area contributed by atoms with Gasteiger partial charge < -0.3 is 5.11 Å². The summed E-state index contributed by atoms with van der Waals surface area (Å²) >= 11 is 0. The highest BCUT2D eigenvalue weighted by molar-refractivity contribution is 7.91. The molecule has 0 amide bonds. The number of hydrogen-bond acceptors (Lipinski definition) is 4. The molecule has 0 radical (unpaired) electrons. The van der Waals surface area contributed by atoms with E-state index in [1.54, 1.807) is 6.08 Å². The van der Waals surface area contributed by atoms with Crippen molar-refractivity contribution < 1.29 is 22.7 Å². The van der Waals surface area contributed by atoms with Crippen LogP contribution in [0.15, 0.2) is 30.9 Å². The van der Waals surface area contributed by atoms with Gasteiger partial charge in [-0.2, -0.15) is 0 Å². The molecule has 0 aliphatic carbocycles. The smallest absolute Gasteiger partial charge is 0.335 e. The fourth-order valence-corrected chi connectivity index (χ4v) is 4.36. The molecule has 1 aliphatic heterocycles. The molecule has 1 heterocycles. The average Bonchev–Trinajstić information content (AvgIpc) is 2.80. The Hall–Kier alpha value is -1.73. The highest BCUT2D eigenvalue weighted by atomic mass is 32.2. The fourth-order valence-electron chi connectivity index (χ4n) is 2.60. The lowest BCUT2D eigenvalue weighted by Crippen LogP contribution is -2.36. The van der Waals surface area contributed by atoms with Crippen molar-refractivity contribution in [2.24, 2.45) is 0 Å². The van der Waals surface area contributed by atoms with Gasteiger partial charge in [0, 0.05) is 24.7 Å². The number of benzene rings is 1. The number of rotatable bonds is 6. The first-order valence-corrected chi connectivity index (χ1v) is 8.71. The molecule has 1 aliphatic rings. The number of carboxylic acid groups (broad SMARTS) is 1. The zero-order chi connectivity index (χ0) is 16.3. The van der Waals surface area contributed by atoms with E-state index in [9.17, 15) is 17.6 Å². The van der Waals surface area contributed by atoms with E-state index in [1.807, 2.05) is 4.90 Å². The Morgan fingerprint density at radius 2 is 2.23 bits per heavy atom. The zero-order valence-corrected chi connectivity index (χ0v) is 12.9. The molecule has 1 aromatic rings. The number of aromatic carboxylic acids is 1. The quantitative estimate of drug-likeness (QED) is 0.805. The van der Waals surface area contributed by atoms with Gasteiger partial charge in [-0.15, -0.1) is 6.58 Å². The molecular formula is C15H18FNO4S. The van der Waals surface area contributed by atoms with Crippen molar-refractivity contribution in [3.05, 3.63) is 47.8 Å². The summed E-state index contributed by atoms with van der Waals surface area (Å²) < 4.78 is 37.2. The lowest BCUT2D eigenvalue weighted by molar-refractivity contribution is 0.0696. The molecule has 22 heavy (non-hydrogen) atoms. The van der Waals surface area contributed by atoms with Crippen molar-refractivity contribution in [1.82, 2.24) is 4.90 Å². The molecule has 1 aromatic carbocycles. The number of nitrogens with zero attached hydrogens (tertiary/aromatic N) is 1. The molecular weight excluding hydrogens is 309 g/mol. The average molecular weight is 327 g/mol. The molecule has 1 unspecified atom stereocenters. The van der Waals surface area contributed by atoms with Crippen LogP contribution < -0.4 is 0 Å². The van der Waals surface area contributed by atoms with E-state index in [-0.39, 0.29) is 29.7 Å². The highest BCUT2D eigenvalue weighted by Crippen LogP contribution is 2.21. The van der Waals surface area contributed by atoms with Crippen LogP contribution in [0.3, 0.4) is 0 Å². The van der Waals surface area contributed by atoms with Crippen LogP contribution in [0.1, 0.15) is 22.3 Å². The Kier molecular flexibility index (Phi) is 4.97. The van der Waals surface area contributed by atoms with Gasteiger partial charge in [0.05, 0.1) is 17.1 Å².